The molecule has 0 aliphatic rings. The molecular weight excluding hydrogens is 1510 g/mol. The molecule has 4 aromatic heterocycles. The molecule has 4 nitrogen and oxygen atoms in total. The van der Waals surface area contributed by atoms with Crippen LogP contribution >= 0.6 is 22.7 Å². The Balaban J connectivity index is 0.000000134. The van der Waals surface area contributed by atoms with Crippen LogP contribution in [-0.4, -0.2) is 9.13 Å². The summed E-state index contributed by atoms with van der Waals surface area (Å²) in [6.07, 6.45) is 0. The van der Waals surface area contributed by atoms with Crippen molar-refractivity contribution in [2.75, 3.05) is 9.80 Å². The summed E-state index contributed by atoms with van der Waals surface area (Å²) >= 11 is 3.73. The van der Waals surface area contributed by atoms with Crippen LogP contribution in [0.2, 0.25) is 0 Å². The summed E-state index contributed by atoms with van der Waals surface area (Å²) in [6, 6.07) is 161. The van der Waals surface area contributed by atoms with Gasteiger partial charge in [-0.15, -0.1) is 22.7 Å². The van der Waals surface area contributed by atoms with E-state index in [1.165, 1.54) is 209 Å². The highest BCUT2D eigenvalue weighted by Crippen LogP contribution is 2.50. The van der Waals surface area contributed by atoms with Gasteiger partial charge in [-0.3, -0.25) is 0 Å². The Labute approximate surface area is 710 Å². The maximum Gasteiger partial charge on any atom is 0.0640 e. The SMILES string of the molecule is c1ccc2c(-n3c4ccccc4c4cc(-c5ccc(N(c6ccc7c8ccccc8c8ccccc8c7c6)c6cccc7c6sc6ccccc67)cc5)ccc43)cccc2c1.c1ccc2c(-n3c4ccccc4c4cc(-c5ccc(N(c6ccc7sc8ccccc8c7c6)c6ccc7c8ccccc8c8ccccc8c7c6)cc5)ccc43)cccc2c1. The molecule has 0 amide bonds. The quantitative estimate of drug-likeness (QED) is 0.127. The maximum absolute atomic E-state index is 2.46. The average Bonchev–Trinajstić information content (AvgIpc) is 1.17. The zero-order chi connectivity index (χ0) is 80.0. The largest absolute Gasteiger partial charge is 0.310 e. The molecule has 0 saturated carbocycles. The molecule has 568 valence electrons. The van der Waals surface area contributed by atoms with Gasteiger partial charge in [0.25, 0.3) is 0 Å². The zero-order valence-electron chi connectivity index (χ0n) is 66.2. The minimum absolute atomic E-state index is 1.11. The minimum Gasteiger partial charge on any atom is -0.310 e. The molecule has 0 radical (unpaired) electrons. The first-order valence-electron chi connectivity index (χ1n) is 41.8. The molecule has 0 bridgehead atoms. The van der Waals surface area contributed by atoms with Gasteiger partial charge in [-0.05, 0) is 231 Å². The fraction of sp³-hybridized carbons (Fsp3) is 0. The molecule has 0 fully saturated rings. The number of hydrogen-bond acceptors (Lipinski definition) is 4. The van der Waals surface area contributed by atoms with Crippen molar-refractivity contribution in [3.05, 3.63) is 437 Å². The fourth-order valence-electron chi connectivity index (χ4n) is 19.9. The van der Waals surface area contributed by atoms with Gasteiger partial charge in [-0.2, -0.15) is 0 Å². The normalized spacial score (nSPS) is 11.9. The average molecular weight is 1590 g/mol. The lowest BCUT2D eigenvalue weighted by atomic mass is 9.94. The van der Waals surface area contributed by atoms with Crippen LogP contribution < -0.4 is 9.80 Å². The minimum atomic E-state index is 1.11. The van der Waals surface area contributed by atoms with E-state index in [2.05, 4.69) is 456 Å². The molecule has 122 heavy (non-hydrogen) atoms. The number of nitrogens with zero attached hydrogens (tertiary/aromatic N) is 4. The van der Waals surface area contributed by atoms with Gasteiger partial charge in [-0.1, -0.05) is 303 Å². The Hall–Kier alpha value is -15.4. The summed E-state index contributed by atoms with van der Waals surface area (Å²) in [5.41, 5.74) is 18.8. The molecule has 22 aromatic carbocycles. The lowest BCUT2D eigenvalue weighted by molar-refractivity contribution is 1.20. The van der Waals surface area contributed by atoms with Gasteiger partial charge >= 0.3 is 0 Å². The highest BCUT2D eigenvalue weighted by atomic mass is 32.1. The van der Waals surface area contributed by atoms with Crippen molar-refractivity contribution in [1.29, 1.82) is 0 Å². The molecule has 26 aromatic rings. The summed E-state index contributed by atoms with van der Waals surface area (Å²) < 4.78 is 10.1. The summed E-state index contributed by atoms with van der Waals surface area (Å²) in [4.78, 5) is 4.89. The van der Waals surface area contributed by atoms with Gasteiger partial charge in [0, 0.05) is 96.4 Å². The van der Waals surface area contributed by atoms with Crippen molar-refractivity contribution >= 4 is 227 Å². The molecule has 0 atom stereocenters. The fourth-order valence-corrected chi connectivity index (χ4v) is 22.2. The molecule has 6 heteroatoms. The second-order valence-electron chi connectivity index (χ2n) is 32.1. The first-order chi connectivity index (χ1) is 60.5. The first kappa shape index (κ1) is 69.7. The van der Waals surface area contributed by atoms with Crippen molar-refractivity contribution in [2.24, 2.45) is 0 Å². The van der Waals surface area contributed by atoms with Gasteiger partial charge in [0.15, 0.2) is 0 Å². The number of thiophene rings is 2. The van der Waals surface area contributed by atoms with Crippen LogP contribution in [0.3, 0.4) is 0 Å². The van der Waals surface area contributed by atoms with Gasteiger partial charge in [0.2, 0.25) is 0 Å². The Bertz CT molecular complexity index is 8710. The molecule has 0 N–H and O–H groups in total. The van der Waals surface area contributed by atoms with E-state index < -0.39 is 0 Å². The third-order valence-electron chi connectivity index (χ3n) is 25.5. The monoisotopic (exact) mass is 1580 g/mol. The molecular formula is C116H72N4S2. The van der Waals surface area contributed by atoms with Gasteiger partial charge < -0.3 is 18.9 Å². The third-order valence-corrected chi connectivity index (χ3v) is 27.9. The van der Waals surface area contributed by atoms with Crippen molar-refractivity contribution in [3.8, 4) is 33.6 Å². The summed E-state index contributed by atoms with van der Waals surface area (Å²) in [5, 5.41) is 30.4. The van der Waals surface area contributed by atoms with Crippen molar-refractivity contribution in [3.63, 3.8) is 0 Å². The smallest absolute Gasteiger partial charge is 0.0640 e. The van der Waals surface area contributed by atoms with E-state index in [0.717, 1.165) is 28.4 Å². The predicted molar refractivity (Wildman–Crippen MR) is 528 cm³/mol. The van der Waals surface area contributed by atoms with E-state index >= 15 is 0 Å². The summed E-state index contributed by atoms with van der Waals surface area (Å²) in [5.74, 6) is 0. The Morgan fingerprint density at radius 3 is 0.959 bits per heavy atom. The molecule has 0 saturated heterocycles. The van der Waals surface area contributed by atoms with Gasteiger partial charge in [-0.25, -0.2) is 0 Å². The van der Waals surface area contributed by atoms with E-state index in [-0.39, 0.29) is 0 Å². The lowest BCUT2D eigenvalue weighted by Gasteiger charge is -2.27. The lowest BCUT2D eigenvalue weighted by Crippen LogP contribution is -2.10. The van der Waals surface area contributed by atoms with E-state index in [0.29, 0.717) is 0 Å². The van der Waals surface area contributed by atoms with Crippen LogP contribution in [0.15, 0.2) is 437 Å². The van der Waals surface area contributed by atoms with E-state index in [1.807, 2.05) is 22.7 Å². The molecule has 4 heterocycles. The summed E-state index contributed by atoms with van der Waals surface area (Å²) in [6.45, 7) is 0. The van der Waals surface area contributed by atoms with Crippen LogP contribution in [0.1, 0.15) is 0 Å². The van der Waals surface area contributed by atoms with E-state index in [1.54, 1.807) is 0 Å². The van der Waals surface area contributed by atoms with Crippen LogP contribution in [0, 0.1) is 0 Å². The van der Waals surface area contributed by atoms with Crippen LogP contribution in [-0.2, 0) is 0 Å². The van der Waals surface area contributed by atoms with Crippen LogP contribution in [0.25, 0.3) is 204 Å². The highest BCUT2D eigenvalue weighted by molar-refractivity contribution is 7.26. The standard InChI is InChI=1S/2C58H36N2S/c1-2-15-42-38(13-1)14-11-24-53(42)60-54-23-9-7-20-48(54)52-35-39(29-34-55(52)60)37-27-30-40(31-28-37)59(56-25-12-22-50-49-21-8-10-26-57(49)61-58(50)56)41-32-33-47-45-18-4-3-16-43(45)44-17-5-6-19-46(44)51(47)36-41;1-2-14-43-38(12-1)13-11-22-54(43)60-55-21-9-7-19-49(55)52-34-39(26-32-56(52)60)37-24-27-40(28-25-37)59(42-30-33-58-53(36-42)50-20-8-10-23-57(50)61-58)41-29-31-48-46-17-4-3-15-44(46)45-16-5-6-18-47(45)51(48)35-41/h2*1-36H. The van der Waals surface area contributed by atoms with E-state index in [9.17, 15) is 0 Å². The predicted octanol–water partition coefficient (Wildman–Crippen LogP) is 33.8. The second-order valence-corrected chi connectivity index (χ2v) is 34.2. The second kappa shape index (κ2) is 28.1. The van der Waals surface area contributed by atoms with Crippen molar-refractivity contribution in [2.45, 2.75) is 0 Å². The Kier molecular flexibility index (Phi) is 16.1. The number of para-hydroxylation sites is 2. The topological polar surface area (TPSA) is 16.3 Å². The molecule has 26 rings (SSSR count). The third kappa shape index (κ3) is 11.1. The van der Waals surface area contributed by atoms with Gasteiger partial charge in [0.05, 0.1) is 43.8 Å². The Morgan fingerprint density at radius 1 is 0.164 bits per heavy atom. The van der Waals surface area contributed by atoms with Gasteiger partial charge in [0.1, 0.15) is 0 Å². The number of hydrogen-bond donors (Lipinski definition) is 0. The van der Waals surface area contributed by atoms with Crippen LogP contribution in [0.4, 0.5) is 34.1 Å². The number of fused-ring (bicyclic) bond motifs is 26. The Morgan fingerprint density at radius 2 is 0.475 bits per heavy atom. The first-order valence-corrected chi connectivity index (χ1v) is 43.5. The maximum atomic E-state index is 2.46. The summed E-state index contributed by atoms with van der Waals surface area (Å²) in [7, 11) is 0. The zero-order valence-corrected chi connectivity index (χ0v) is 67.8. The molecule has 0 aliphatic heterocycles. The number of benzene rings is 22. The molecule has 0 aliphatic carbocycles. The van der Waals surface area contributed by atoms with Crippen molar-refractivity contribution in [1.82, 2.24) is 9.13 Å². The molecule has 0 spiro atoms. The van der Waals surface area contributed by atoms with Crippen LogP contribution in [0.5, 0.6) is 0 Å². The highest BCUT2D eigenvalue weighted by Gasteiger charge is 2.24. The van der Waals surface area contributed by atoms with Crippen molar-refractivity contribution < 1.29 is 0 Å². The number of aromatic nitrogens is 2. The number of anilines is 6. The molecule has 0 unspecified atom stereocenters. The number of rotatable bonds is 10. The van der Waals surface area contributed by atoms with E-state index in [4.69, 9.17) is 0 Å².